The first kappa shape index (κ1) is 20.1. The Morgan fingerprint density at radius 3 is 2.85 bits per heavy atom. The highest BCUT2D eigenvalue weighted by molar-refractivity contribution is 8.26. The Bertz CT molecular complexity index is 988. The second-order valence-corrected chi connectivity index (χ2v) is 10.1. The number of hydrogen-bond acceptors (Lipinski definition) is 6. The van der Waals surface area contributed by atoms with E-state index in [9.17, 15) is 18.0 Å². The summed E-state index contributed by atoms with van der Waals surface area (Å²) in [5, 5.41) is 4.25. The molecular weight excluding hydrogens is 428 g/mol. The van der Waals surface area contributed by atoms with Crippen LogP contribution >= 0.6 is 35.6 Å². The number of nitrogens with zero attached hydrogens (tertiary/aromatic N) is 1. The number of rotatable bonds is 4. The van der Waals surface area contributed by atoms with Crippen LogP contribution in [0.3, 0.4) is 0 Å². The number of sulfone groups is 1. The molecule has 2 aliphatic heterocycles. The van der Waals surface area contributed by atoms with Crippen LogP contribution in [0.15, 0.2) is 40.7 Å². The summed E-state index contributed by atoms with van der Waals surface area (Å²) in [5.74, 6) is -1.03. The molecule has 27 heavy (non-hydrogen) atoms. The summed E-state index contributed by atoms with van der Waals surface area (Å²) in [6.45, 7) is 1.55. The zero-order chi connectivity index (χ0) is 19.8. The second-order valence-electron chi connectivity index (χ2n) is 6.06. The molecule has 10 heteroatoms. The van der Waals surface area contributed by atoms with Crippen LogP contribution < -0.4 is 5.32 Å². The number of benzene rings is 1. The molecule has 1 fully saturated rings. The average molecular weight is 443 g/mol. The van der Waals surface area contributed by atoms with E-state index in [0.717, 1.165) is 22.7 Å². The topological polar surface area (TPSA) is 83.6 Å². The quantitative estimate of drug-likeness (QED) is 0.569. The van der Waals surface area contributed by atoms with E-state index in [1.54, 1.807) is 37.3 Å². The highest BCUT2D eigenvalue weighted by Gasteiger charge is 2.39. The summed E-state index contributed by atoms with van der Waals surface area (Å²) in [4.78, 5) is 26.8. The number of nitrogens with one attached hydrogen (secondary N) is 1. The van der Waals surface area contributed by atoms with Gasteiger partial charge in [-0.2, -0.15) is 0 Å². The predicted octanol–water partition coefficient (Wildman–Crippen LogP) is 2.36. The lowest BCUT2D eigenvalue weighted by Gasteiger charge is -2.23. The number of amides is 2. The highest BCUT2D eigenvalue weighted by Crippen LogP contribution is 2.34. The molecule has 0 spiro atoms. The molecule has 1 saturated heterocycles. The van der Waals surface area contributed by atoms with Crippen LogP contribution in [0, 0.1) is 0 Å². The summed E-state index contributed by atoms with van der Waals surface area (Å²) in [6, 6.07) is 5.56. The van der Waals surface area contributed by atoms with Crippen LogP contribution in [-0.2, 0) is 19.4 Å². The van der Waals surface area contributed by atoms with Gasteiger partial charge >= 0.3 is 0 Å². The van der Waals surface area contributed by atoms with Gasteiger partial charge in [-0.05, 0) is 36.8 Å². The Hall–Kier alpha value is -1.68. The molecule has 142 valence electrons. The summed E-state index contributed by atoms with van der Waals surface area (Å²) >= 11 is 12.3. The van der Waals surface area contributed by atoms with Gasteiger partial charge in [0.2, 0.25) is 5.91 Å². The van der Waals surface area contributed by atoms with Crippen molar-refractivity contribution in [2.45, 2.75) is 19.0 Å². The maximum absolute atomic E-state index is 12.7. The van der Waals surface area contributed by atoms with Gasteiger partial charge in [-0.1, -0.05) is 47.7 Å². The number of halogens is 1. The van der Waals surface area contributed by atoms with Crippen molar-refractivity contribution in [3.8, 4) is 0 Å². The second kappa shape index (κ2) is 7.75. The van der Waals surface area contributed by atoms with Crippen LogP contribution in [0.25, 0.3) is 6.08 Å². The molecule has 2 amide bonds. The molecule has 0 aromatic heterocycles. The molecule has 2 heterocycles. The molecule has 2 atom stereocenters. The van der Waals surface area contributed by atoms with Gasteiger partial charge < -0.3 is 5.32 Å². The van der Waals surface area contributed by atoms with Crippen molar-refractivity contribution in [1.29, 1.82) is 0 Å². The van der Waals surface area contributed by atoms with Crippen molar-refractivity contribution in [2.24, 2.45) is 0 Å². The fourth-order valence-electron chi connectivity index (χ4n) is 2.65. The third kappa shape index (κ3) is 4.60. The maximum atomic E-state index is 12.7. The zero-order valence-electron chi connectivity index (χ0n) is 14.1. The van der Waals surface area contributed by atoms with Crippen LogP contribution in [0.1, 0.15) is 12.5 Å². The predicted molar refractivity (Wildman–Crippen MR) is 111 cm³/mol. The van der Waals surface area contributed by atoms with E-state index in [2.05, 4.69) is 5.32 Å². The van der Waals surface area contributed by atoms with Gasteiger partial charge in [-0.25, -0.2) is 8.42 Å². The van der Waals surface area contributed by atoms with E-state index in [1.807, 2.05) is 0 Å². The molecule has 0 bridgehead atoms. The zero-order valence-corrected chi connectivity index (χ0v) is 17.3. The van der Waals surface area contributed by atoms with Crippen LogP contribution in [-0.4, -0.2) is 47.3 Å². The van der Waals surface area contributed by atoms with Gasteiger partial charge in [-0.15, -0.1) is 0 Å². The first-order valence-corrected chi connectivity index (χ1v) is 11.2. The minimum atomic E-state index is -3.28. The van der Waals surface area contributed by atoms with E-state index >= 15 is 0 Å². The molecule has 1 aromatic rings. The number of thioether (sulfide) groups is 1. The minimum Gasteiger partial charge on any atom is -0.347 e. The third-order valence-corrected chi connectivity index (χ3v) is 6.96. The summed E-state index contributed by atoms with van der Waals surface area (Å²) in [7, 11) is -3.28. The van der Waals surface area contributed by atoms with Gasteiger partial charge in [0.1, 0.15) is 10.4 Å². The number of hydrogen-bond donors (Lipinski definition) is 1. The largest absolute Gasteiger partial charge is 0.347 e. The van der Waals surface area contributed by atoms with Crippen molar-refractivity contribution in [3.63, 3.8) is 0 Å². The Balaban J connectivity index is 1.72. The Labute approximate surface area is 171 Å². The normalized spacial score (nSPS) is 23.9. The number of thiocarbonyl (C=S) groups is 1. The molecule has 0 aliphatic carbocycles. The fourth-order valence-corrected chi connectivity index (χ4v) is 5.50. The van der Waals surface area contributed by atoms with Gasteiger partial charge in [0.25, 0.3) is 5.91 Å². The lowest BCUT2D eigenvalue weighted by molar-refractivity contribution is -0.132. The summed E-state index contributed by atoms with van der Waals surface area (Å²) in [6.07, 6.45) is 3.09. The van der Waals surface area contributed by atoms with Crippen molar-refractivity contribution >= 4 is 67.6 Å². The lowest BCUT2D eigenvalue weighted by atomic mass is 10.2. The first-order valence-electron chi connectivity index (χ1n) is 7.90. The first-order chi connectivity index (χ1) is 12.7. The molecule has 2 unspecified atom stereocenters. The van der Waals surface area contributed by atoms with E-state index in [-0.39, 0.29) is 16.0 Å². The van der Waals surface area contributed by atoms with Crippen LogP contribution in [0.4, 0.5) is 0 Å². The van der Waals surface area contributed by atoms with Crippen molar-refractivity contribution in [1.82, 2.24) is 10.2 Å². The monoisotopic (exact) mass is 442 g/mol. The average Bonchev–Trinajstić information content (AvgIpc) is 3.05. The number of carbonyl (C=O) groups is 2. The Morgan fingerprint density at radius 1 is 1.48 bits per heavy atom. The molecule has 0 saturated carbocycles. The molecule has 3 rings (SSSR count). The van der Waals surface area contributed by atoms with Crippen LogP contribution in [0.2, 0.25) is 5.02 Å². The Morgan fingerprint density at radius 2 is 2.22 bits per heavy atom. The van der Waals surface area contributed by atoms with E-state index in [1.165, 1.54) is 11.0 Å². The molecule has 6 nitrogen and oxygen atoms in total. The van der Waals surface area contributed by atoms with Gasteiger partial charge in [0.15, 0.2) is 9.84 Å². The van der Waals surface area contributed by atoms with Gasteiger partial charge in [0, 0.05) is 10.4 Å². The number of carbonyl (C=O) groups excluding carboxylic acids is 2. The standard InChI is InChI=1S/C17H15ClN2O4S3/c1-10(15(21)19-13-5-6-27(23,24)9-13)20-16(22)14(26-17(20)25)8-11-3-2-4-12(18)7-11/h2-8,10,13H,9H2,1H3,(H,19,21)/b14-8-. The maximum Gasteiger partial charge on any atom is 0.266 e. The molecule has 0 radical (unpaired) electrons. The molecule has 1 N–H and O–H groups in total. The molecule has 1 aromatic carbocycles. The fraction of sp³-hybridized carbons (Fsp3) is 0.235. The van der Waals surface area contributed by atoms with Crippen molar-refractivity contribution < 1.29 is 18.0 Å². The highest BCUT2D eigenvalue weighted by atomic mass is 35.5. The SMILES string of the molecule is CC(C(=O)NC1C=CS(=O)(=O)C1)N1C(=O)/C(=C/c2cccc(Cl)c2)SC1=S. The summed E-state index contributed by atoms with van der Waals surface area (Å²) < 4.78 is 23.2. The van der Waals surface area contributed by atoms with Gasteiger partial charge in [-0.3, -0.25) is 14.5 Å². The Kier molecular flexibility index (Phi) is 5.76. The van der Waals surface area contributed by atoms with E-state index < -0.39 is 27.8 Å². The van der Waals surface area contributed by atoms with Crippen molar-refractivity contribution in [2.75, 3.05) is 5.75 Å². The van der Waals surface area contributed by atoms with E-state index in [4.69, 9.17) is 23.8 Å². The van der Waals surface area contributed by atoms with Gasteiger partial charge in [0.05, 0.1) is 16.7 Å². The molecule has 2 aliphatic rings. The third-order valence-electron chi connectivity index (χ3n) is 3.99. The van der Waals surface area contributed by atoms with E-state index in [0.29, 0.717) is 9.93 Å². The lowest BCUT2D eigenvalue weighted by Crippen LogP contribution is -2.49. The van der Waals surface area contributed by atoms with Crippen LogP contribution in [0.5, 0.6) is 0 Å². The molecular formula is C17H15ClN2O4S3. The van der Waals surface area contributed by atoms with Crippen molar-refractivity contribution in [3.05, 3.63) is 51.2 Å². The summed E-state index contributed by atoms with van der Waals surface area (Å²) in [5.41, 5.74) is 0.751. The smallest absolute Gasteiger partial charge is 0.266 e. The minimum absolute atomic E-state index is 0.182.